The molecule has 1 amide bonds. The summed E-state index contributed by atoms with van der Waals surface area (Å²) in [6, 6.07) is 4.57. The average molecular weight is 260 g/mol. The third-order valence-electron chi connectivity index (χ3n) is 2.71. The molecule has 0 spiro atoms. The van der Waals surface area contributed by atoms with E-state index < -0.39 is 4.92 Å². The lowest BCUT2D eigenvalue weighted by Gasteiger charge is -2.09. The zero-order valence-corrected chi connectivity index (χ0v) is 10.2. The minimum Gasteiger partial charge on any atom is -0.376 e. The van der Waals surface area contributed by atoms with Crippen LogP contribution in [-0.2, 0) is 4.79 Å². The van der Waals surface area contributed by atoms with Crippen molar-refractivity contribution in [3.05, 3.63) is 40.7 Å². The van der Waals surface area contributed by atoms with E-state index in [0.717, 1.165) is 0 Å². The van der Waals surface area contributed by atoms with Gasteiger partial charge in [-0.1, -0.05) is 0 Å². The predicted molar refractivity (Wildman–Crippen MR) is 71.0 cm³/mol. The predicted octanol–water partition coefficient (Wildman–Crippen LogP) is 1.30. The molecule has 1 aromatic carbocycles. The maximum Gasteiger partial charge on any atom is 0.277 e. The molecule has 98 valence electrons. The van der Waals surface area contributed by atoms with Crippen LogP contribution in [0.3, 0.4) is 0 Å². The van der Waals surface area contributed by atoms with Gasteiger partial charge < -0.3 is 10.6 Å². The van der Waals surface area contributed by atoms with Gasteiger partial charge in [0.05, 0.1) is 16.9 Å². The number of aromatic nitrogens is 1. The van der Waals surface area contributed by atoms with Gasteiger partial charge in [0.1, 0.15) is 0 Å². The van der Waals surface area contributed by atoms with Crippen LogP contribution in [-0.4, -0.2) is 29.4 Å². The molecular formula is C12H12N4O3. The van der Waals surface area contributed by atoms with Crippen molar-refractivity contribution in [2.45, 2.75) is 0 Å². The van der Waals surface area contributed by atoms with Crippen molar-refractivity contribution in [2.24, 2.45) is 0 Å². The number of fused-ring (bicyclic) bond motifs is 1. The summed E-state index contributed by atoms with van der Waals surface area (Å²) in [6.45, 7) is 0.0955. The fourth-order valence-electron chi connectivity index (χ4n) is 1.75. The molecule has 1 heterocycles. The molecule has 1 aromatic heterocycles. The van der Waals surface area contributed by atoms with E-state index in [0.29, 0.717) is 16.5 Å². The van der Waals surface area contributed by atoms with Crippen LogP contribution >= 0.6 is 0 Å². The van der Waals surface area contributed by atoms with Crippen molar-refractivity contribution >= 4 is 28.1 Å². The third-order valence-corrected chi connectivity index (χ3v) is 2.71. The summed E-state index contributed by atoms with van der Waals surface area (Å²) in [5, 5.41) is 17.5. The molecule has 2 rings (SSSR count). The standard InChI is InChI=1S/C12H12N4O3/c1-13-12(17)7-15-10-2-3-11(16(18)19)8-4-5-14-6-9(8)10/h2-6,15H,7H2,1H3,(H,13,17). The summed E-state index contributed by atoms with van der Waals surface area (Å²) in [5.74, 6) is -0.171. The van der Waals surface area contributed by atoms with Gasteiger partial charge in [0.15, 0.2) is 0 Å². The largest absolute Gasteiger partial charge is 0.376 e. The summed E-state index contributed by atoms with van der Waals surface area (Å²) in [4.78, 5) is 25.7. The fourth-order valence-corrected chi connectivity index (χ4v) is 1.75. The third kappa shape index (κ3) is 2.59. The Morgan fingerprint density at radius 1 is 1.37 bits per heavy atom. The van der Waals surface area contributed by atoms with Crippen molar-refractivity contribution in [3.63, 3.8) is 0 Å². The zero-order valence-electron chi connectivity index (χ0n) is 10.2. The molecule has 19 heavy (non-hydrogen) atoms. The number of likely N-dealkylation sites (N-methyl/N-ethyl adjacent to an activating group) is 1. The molecule has 7 heteroatoms. The van der Waals surface area contributed by atoms with Gasteiger partial charge in [0.25, 0.3) is 5.69 Å². The summed E-state index contributed by atoms with van der Waals surface area (Å²) >= 11 is 0. The molecular weight excluding hydrogens is 248 g/mol. The molecule has 0 atom stereocenters. The molecule has 0 aliphatic heterocycles. The Balaban J connectivity index is 2.44. The van der Waals surface area contributed by atoms with E-state index in [1.165, 1.54) is 18.5 Å². The Morgan fingerprint density at radius 2 is 2.16 bits per heavy atom. The van der Waals surface area contributed by atoms with Crippen LogP contribution < -0.4 is 10.6 Å². The molecule has 2 aromatic rings. The number of carbonyl (C=O) groups excluding carboxylic acids is 1. The van der Waals surface area contributed by atoms with E-state index in [9.17, 15) is 14.9 Å². The number of benzene rings is 1. The van der Waals surface area contributed by atoms with E-state index in [-0.39, 0.29) is 18.1 Å². The Kier molecular flexibility index (Phi) is 3.56. The number of nitro groups is 1. The Labute approximate surface area is 108 Å². The monoisotopic (exact) mass is 260 g/mol. The summed E-state index contributed by atoms with van der Waals surface area (Å²) in [7, 11) is 1.54. The molecule has 2 N–H and O–H groups in total. The van der Waals surface area contributed by atoms with E-state index in [1.54, 1.807) is 19.2 Å². The lowest BCUT2D eigenvalue weighted by atomic mass is 10.1. The number of carbonyl (C=O) groups is 1. The highest BCUT2D eigenvalue weighted by molar-refractivity contribution is 5.99. The van der Waals surface area contributed by atoms with Gasteiger partial charge in [0.2, 0.25) is 5.91 Å². The van der Waals surface area contributed by atoms with Gasteiger partial charge in [-0.15, -0.1) is 0 Å². The highest BCUT2D eigenvalue weighted by atomic mass is 16.6. The number of hydrogen-bond acceptors (Lipinski definition) is 5. The minimum absolute atomic E-state index is 0.0166. The lowest BCUT2D eigenvalue weighted by molar-refractivity contribution is -0.383. The number of nitro benzene ring substituents is 1. The summed E-state index contributed by atoms with van der Waals surface area (Å²) in [5.41, 5.74) is 0.653. The minimum atomic E-state index is -0.440. The normalized spacial score (nSPS) is 10.2. The first-order valence-corrected chi connectivity index (χ1v) is 5.59. The Hall–Kier alpha value is -2.70. The molecule has 0 aliphatic carbocycles. The molecule has 0 fully saturated rings. The lowest BCUT2D eigenvalue weighted by Crippen LogP contribution is -2.26. The Bertz CT molecular complexity index is 642. The highest BCUT2D eigenvalue weighted by Gasteiger charge is 2.14. The quantitative estimate of drug-likeness (QED) is 0.638. The first-order valence-electron chi connectivity index (χ1n) is 5.59. The van der Waals surface area contributed by atoms with Crippen molar-refractivity contribution in [2.75, 3.05) is 18.9 Å². The topological polar surface area (TPSA) is 97.2 Å². The molecule has 0 aliphatic rings. The van der Waals surface area contributed by atoms with Gasteiger partial charge in [-0.05, 0) is 12.1 Å². The fraction of sp³-hybridized carbons (Fsp3) is 0.167. The number of amides is 1. The molecule has 7 nitrogen and oxygen atoms in total. The van der Waals surface area contributed by atoms with Crippen molar-refractivity contribution in [3.8, 4) is 0 Å². The van der Waals surface area contributed by atoms with E-state index in [2.05, 4.69) is 15.6 Å². The molecule has 0 radical (unpaired) electrons. The van der Waals surface area contributed by atoms with Crippen LogP contribution in [0.4, 0.5) is 11.4 Å². The number of pyridine rings is 1. The number of rotatable bonds is 4. The SMILES string of the molecule is CNC(=O)CNc1ccc([N+](=O)[O-])c2ccncc12. The van der Waals surface area contributed by atoms with E-state index in [1.807, 2.05) is 0 Å². The zero-order chi connectivity index (χ0) is 13.8. The highest BCUT2D eigenvalue weighted by Crippen LogP contribution is 2.30. The number of hydrogen-bond donors (Lipinski definition) is 2. The van der Waals surface area contributed by atoms with Gasteiger partial charge >= 0.3 is 0 Å². The summed E-state index contributed by atoms with van der Waals surface area (Å²) in [6.07, 6.45) is 3.03. The maximum absolute atomic E-state index is 11.2. The first-order chi connectivity index (χ1) is 9.13. The molecule has 0 unspecified atom stereocenters. The second-order valence-electron chi connectivity index (χ2n) is 3.84. The van der Waals surface area contributed by atoms with Gasteiger partial charge in [-0.2, -0.15) is 0 Å². The Morgan fingerprint density at radius 3 is 2.84 bits per heavy atom. The second kappa shape index (κ2) is 5.30. The number of anilines is 1. The molecule has 0 saturated carbocycles. The molecule has 0 bridgehead atoms. The smallest absolute Gasteiger partial charge is 0.277 e. The van der Waals surface area contributed by atoms with E-state index >= 15 is 0 Å². The van der Waals surface area contributed by atoms with Crippen molar-refractivity contribution in [1.82, 2.24) is 10.3 Å². The van der Waals surface area contributed by atoms with Gasteiger partial charge in [-0.25, -0.2) is 0 Å². The number of nitrogens with one attached hydrogen (secondary N) is 2. The van der Waals surface area contributed by atoms with Gasteiger partial charge in [0, 0.05) is 36.6 Å². The summed E-state index contributed by atoms with van der Waals surface area (Å²) < 4.78 is 0. The van der Waals surface area contributed by atoms with Crippen LogP contribution in [0.5, 0.6) is 0 Å². The van der Waals surface area contributed by atoms with E-state index in [4.69, 9.17) is 0 Å². The van der Waals surface area contributed by atoms with Crippen molar-refractivity contribution in [1.29, 1.82) is 0 Å². The molecule has 0 saturated heterocycles. The van der Waals surface area contributed by atoms with Crippen LogP contribution in [0.25, 0.3) is 10.8 Å². The maximum atomic E-state index is 11.2. The number of non-ortho nitro benzene ring substituents is 1. The van der Waals surface area contributed by atoms with Crippen LogP contribution in [0.15, 0.2) is 30.6 Å². The average Bonchev–Trinajstić information content (AvgIpc) is 2.43. The van der Waals surface area contributed by atoms with Crippen molar-refractivity contribution < 1.29 is 9.72 Å². The number of nitrogens with zero attached hydrogens (tertiary/aromatic N) is 2. The van der Waals surface area contributed by atoms with Crippen LogP contribution in [0, 0.1) is 10.1 Å². The first kappa shape index (κ1) is 12.7. The van der Waals surface area contributed by atoms with Crippen LogP contribution in [0.2, 0.25) is 0 Å². The van der Waals surface area contributed by atoms with Crippen LogP contribution in [0.1, 0.15) is 0 Å². The second-order valence-corrected chi connectivity index (χ2v) is 3.84. The van der Waals surface area contributed by atoms with Gasteiger partial charge in [-0.3, -0.25) is 19.9 Å².